The van der Waals surface area contributed by atoms with Crippen molar-refractivity contribution in [2.45, 2.75) is 64.9 Å². The van der Waals surface area contributed by atoms with E-state index in [-0.39, 0.29) is 18.2 Å². The summed E-state index contributed by atoms with van der Waals surface area (Å²) in [6, 6.07) is 3.43. The largest absolute Gasteiger partial charge is 0.461 e. The average molecular weight is 482 g/mol. The number of carbonyl (C=O) groups is 2. The molecule has 0 radical (unpaired) electrons. The highest BCUT2D eigenvalue weighted by Crippen LogP contribution is 2.37. The van der Waals surface area contributed by atoms with Crippen molar-refractivity contribution in [1.82, 2.24) is 19.5 Å². The van der Waals surface area contributed by atoms with Crippen LogP contribution in [0.25, 0.3) is 22.7 Å². The van der Waals surface area contributed by atoms with Gasteiger partial charge in [-0.15, -0.1) is 0 Å². The Morgan fingerprint density at radius 2 is 2.00 bits per heavy atom. The Bertz CT molecular complexity index is 1270. The summed E-state index contributed by atoms with van der Waals surface area (Å²) in [4.78, 5) is 37.0. The van der Waals surface area contributed by atoms with Crippen LogP contribution in [0.2, 0.25) is 0 Å². The first-order chi connectivity index (χ1) is 16.9. The Balaban J connectivity index is 1.83. The quantitative estimate of drug-likeness (QED) is 0.304. The molecule has 3 aromatic rings. The molecule has 1 aliphatic heterocycles. The van der Waals surface area contributed by atoms with Crippen molar-refractivity contribution in [2.75, 3.05) is 12.3 Å². The number of furan rings is 1. The van der Waals surface area contributed by atoms with E-state index < -0.39 is 30.4 Å². The fourth-order valence-electron chi connectivity index (χ4n) is 3.90. The summed E-state index contributed by atoms with van der Waals surface area (Å²) in [5.74, 6) is 6.08. The van der Waals surface area contributed by atoms with Gasteiger partial charge in [0.1, 0.15) is 0 Å². The highest BCUT2D eigenvalue weighted by molar-refractivity contribution is 5.85. The molecule has 3 aromatic heterocycles. The van der Waals surface area contributed by atoms with Crippen molar-refractivity contribution in [1.29, 1.82) is 0 Å². The summed E-state index contributed by atoms with van der Waals surface area (Å²) in [7, 11) is 0. The zero-order valence-electron chi connectivity index (χ0n) is 19.8. The van der Waals surface area contributed by atoms with Gasteiger partial charge in [-0.3, -0.25) is 14.2 Å². The van der Waals surface area contributed by atoms with E-state index in [2.05, 4.69) is 33.7 Å². The lowest BCUT2D eigenvalue weighted by molar-refractivity contribution is -0.164. The van der Waals surface area contributed by atoms with Crippen LogP contribution in [0.15, 0.2) is 22.8 Å². The van der Waals surface area contributed by atoms with Crippen molar-refractivity contribution >= 4 is 28.9 Å². The second kappa shape index (κ2) is 10.6. The molecule has 3 atom stereocenters. The number of ether oxygens (including phenoxy) is 3. The predicted molar refractivity (Wildman–Crippen MR) is 125 cm³/mol. The van der Waals surface area contributed by atoms with Crippen molar-refractivity contribution in [3.05, 3.63) is 24.2 Å². The van der Waals surface area contributed by atoms with E-state index in [9.17, 15) is 9.59 Å². The number of nitrogens with two attached hydrogens (primary N) is 1. The van der Waals surface area contributed by atoms with E-state index >= 15 is 0 Å². The fraction of sp³-hybridized carbons (Fsp3) is 0.458. The van der Waals surface area contributed by atoms with Crippen LogP contribution in [0.5, 0.6) is 0 Å². The Kier molecular flexibility index (Phi) is 7.31. The van der Waals surface area contributed by atoms with Gasteiger partial charge in [-0.1, -0.05) is 25.7 Å². The topological polar surface area (TPSA) is 145 Å². The second-order valence-electron chi connectivity index (χ2n) is 8.09. The van der Waals surface area contributed by atoms with E-state index in [0.717, 1.165) is 25.7 Å². The first-order valence-corrected chi connectivity index (χ1v) is 11.4. The van der Waals surface area contributed by atoms with Gasteiger partial charge >= 0.3 is 11.9 Å². The van der Waals surface area contributed by atoms with Gasteiger partial charge in [0.05, 0.1) is 12.9 Å². The molecule has 0 aromatic carbocycles. The molecule has 35 heavy (non-hydrogen) atoms. The molecule has 1 saturated heterocycles. The molecule has 0 bridgehead atoms. The predicted octanol–water partition coefficient (Wildman–Crippen LogP) is 2.99. The first-order valence-electron chi connectivity index (χ1n) is 11.4. The van der Waals surface area contributed by atoms with E-state index in [1.54, 1.807) is 16.7 Å². The zero-order valence-corrected chi connectivity index (χ0v) is 19.8. The van der Waals surface area contributed by atoms with Crippen LogP contribution in [-0.2, 0) is 23.8 Å². The van der Waals surface area contributed by atoms with Gasteiger partial charge in [0.25, 0.3) is 0 Å². The third kappa shape index (κ3) is 5.27. The van der Waals surface area contributed by atoms with E-state index in [1.165, 1.54) is 20.1 Å². The number of unbranched alkanes of at least 4 members (excludes halogenated alkanes) is 3. The minimum atomic E-state index is -0.956. The molecule has 11 heteroatoms. The Hall–Kier alpha value is -3.91. The van der Waals surface area contributed by atoms with Crippen LogP contribution in [0, 0.1) is 11.8 Å². The van der Waals surface area contributed by atoms with Crippen LogP contribution in [0.4, 0.5) is 5.82 Å². The Labute approximate surface area is 202 Å². The molecular weight excluding hydrogens is 454 g/mol. The lowest BCUT2D eigenvalue weighted by Gasteiger charge is -2.24. The third-order valence-electron chi connectivity index (χ3n) is 5.37. The number of fused-ring (bicyclic) bond motifs is 1. The fourth-order valence-corrected chi connectivity index (χ4v) is 3.90. The zero-order chi connectivity index (χ0) is 24.9. The summed E-state index contributed by atoms with van der Waals surface area (Å²) < 4.78 is 24.0. The maximum Gasteiger partial charge on any atom is 0.303 e. The number of hydrogen-bond donors (Lipinski definition) is 1. The van der Waals surface area contributed by atoms with Crippen LogP contribution in [-0.4, -0.2) is 50.3 Å². The summed E-state index contributed by atoms with van der Waals surface area (Å²) >= 11 is 0. The van der Waals surface area contributed by atoms with E-state index in [0.29, 0.717) is 22.7 Å². The highest BCUT2D eigenvalue weighted by Gasteiger charge is 2.45. The molecule has 11 nitrogen and oxygen atoms in total. The maximum atomic E-state index is 11.9. The number of anilines is 1. The summed E-state index contributed by atoms with van der Waals surface area (Å²) in [6.45, 7) is 4.68. The standard InChI is InChI=1S/C24H27N5O6/c1-4-5-6-7-8-11-18-26-21(25)19-23(27-18)29(22(28-19)16-10-9-12-32-16)24-20(35-15(3)31)17(13-33-24)34-14(2)30/h9-10,12,17,20,24H,4-7,13H2,1-3H3,(H2,25,26,27)/t17-,20-,24-/m1/s1. The van der Waals surface area contributed by atoms with Crippen molar-refractivity contribution in [3.63, 3.8) is 0 Å². The Morgan fingerprint density at radius 3 is 2.69 bits per heavy atom. The molecule has 0 unspecified atom stereocenters. The molecular formula is C24H27N5O6. The highest BCUT2D eigenvalue weighted by atomic mass is 16.6. The van der Waals surface area contributed by atoms with E-state index in [1.807, 2.05) is 0 Å². The Morgan fingerprint density at radius 1 is 1.20 bits per heavy atom. The van der Waals surface area contributed by atoms with Crippen molar-refractivity contribution in [2.24, 2.45) is 0 Å². The number of imidazole rings is 1. The number of nitrogen functional groups attached to an aromatic ring is 1. The molecule has 1 fully saturated rings. The summed E-state index contributed by atoms with van der Waals surface area (Å²) in [6.07, 6.45) is 2.70. The molecule has 0 saturated carbocycles. The molecule has 4 rings (SSSR count). The van der Waals surface area contributed by atoms with Crippen LogP contribution in [0.3, 0.4) is 0 Å². The van der Waals surface area contributed by atoms with Crippen LogP contribution in [0.1, 0.15) is 58.5 Å². The van der Waals surface area contributed by atoms with Gasteiger partial charge in [0.15, 0.2) is 47.0 Å². The SMILES string of the molecule is CCCCCC#Cc1nc(N)c2nc(-c3ccco3)n([C@@H]3OC[C@@H](OC(C)=O)[C@H]3OC(C)=O)c2n1. The second-order valence-corrected chi connectivity index (χ2v) is 8.09. The number of nitrogens with zero attached hydrogens (tertiary/aromatic N) is 4. The van der Waals surface area contributed by atoms with Gasteiger partial charge in [-0.2, -0.15) is 0 Å². The monoisotopic (exact) mass is 481 g/mol. The average Bonchev–Trinajstić information content (AvgIpc) is 3.53. The number of hydrogen-bond acceptors (Lipinski definition) is 10. The van der Waals surface area contributed by atoms with E-state index in [4.69, 9.17) is 24.4 Å². The van der Waals surface area contributed by atoms with Crippen LogP contribution >= 0.6 is 0 Å². The summed E-state index contributed by atoms with van der Waals surface area (Å²) in [5, 5.41) is 0. The molecule has 0 aliphatic carbocycles. The minimum Gasteiger partial charge on any atom is -0.461 e. The molecule has 1 aliphatic rings. The van der Waals surface area contributed by atoms with Gasteiger partial charge in [-0.05, 0) is 24.5 Å². The van der Waals surface area contributed by atoms with Gasteiger partial charge in [0.2, 0.25) is 5.82 Å². The number of rotatable bonds is 7. The smallest absolute Gasteiger partial charge is 0.303 e. The number of carbonyl (C=O) groups excluding carboxylic acids is 2. The lowest BCUT2D eigenvalue weighted by atomic mass is 10.2. The first kappa shape index (κ1) is 24.2. The lowest BCUT2D eigenvalue weighted by Crippen LogP contribution is -2.36. The van der Waals surface area contributed by atoms with Crippen LogP contribution < -0.4 is 5.73 Å². The minimum absolute atomic E-state index is 0.00409. The van der Waals surface area contributed by atoms with Gasteiger partial charge < -0.3 is 24.4 Å². The van der Waals surface area contributed by atoms with Gasteiger partial charge in [0, 0.05) is 20.3 Å². The molecule has 0 amide bonds. The number of esters is 2. The third-order valence-corrected chi connectivity index (χ3v) is 5.37. The number of aromatic nitrogens is 4. The molecule has 0 spiro atoms. The van der Waals surface area contributed by atoms with Crippen molar-refractivity contribution < 1.29 is 28.2 Å². The molecule has 184 valence electrons. The van der Waals surface area contributed by atoms with Crippen molar-refractivity contribution in [3.8, 4) is 23.4 Å². The molecule has 4 heterocycles. The normalized spacial score (nSPS) is 19.3. The maximum absolute atomic E-state index is 11.9. The molecule has 2 N–H and O–H groups in total. The van der Waals surface area contributed by atoms with Gasteiger partial charge in [-0.25, -0.2) is 15.0 Å². The summed E-state index contributed by atoms with van der Waals surface area (Å²) in [5.41, 5.74) is 6.87.